The molecule has 0 aliphatic carbocycles. The van der Waals surface area contributed by atoms with E-state index in [9.17, 15) is 8.42 Å². The van der Waals surface area contributed by atoms with Gasteiger partial charge < -0.3 is 5.73 Å². The first kappa shape index (κ1) is 14.9. The van der Waals surface area contributed by atoms with Gasteiger partial charge in [0.15, 0.2) is 0 Å². The van der Waals surface area contributed by atoms with Gasteiger partial charge in [-0.2, -0.15) is 13.1 Å². The Kier molecular flexibility index (Phi) is 4.37. The molecular formula is C12H21N3O2S. The maximum absolute atomic E-state index is 11.9. The molecule has 0 aromatic heterocycles. The lowest BCUT2D eigenvalue weighted by Gasteiger charge is -2.22. The molecule has 0 spiro atoms. The second-order valence-electron chi connectivity index (χ2n) is 5.26. The zero-order valence-electron chi connectivity index (χ0n) is 11.2. The van der Waals surface area contributed by atoms with E-state index >= 15 is 0 Å². The van der Waals surface area contributed by atoms with Gasteiger partial charge in [0, 0.05) is 12.1 Å². The molecule has 1 aromatic carbocycles. The van der Waals surface area contributed by atoms with E-state index in [1.54, 1.807) is 32.9 Å². The van der Waals surface area contributed by atoms with Gasteiger partial charge in [-0.25, -0.2) is 0 Å². The van der Waals surface area contributed by atoms with Gasteiger partial charge in [-0.3, -0.25) is 4.72 Å². The fourth-order valence-corrected chi connectivity index (χ4v) is 2.98. The summed E-state index contributed by atoms with van der Waals surface area (Å²) in [6.07, 6.45) is 0. The predicted octanol–water partition coefficient (Wildman–Crippen LogP) is 1.50. The monoisotopic (exact) mass is 271 g/mol. The summed E-state index contributed by atoms with van der Waals surface area (Å²) < 4.78 is 28.9. The molecule has 0 heterocycles. The molecule has 0 radical (unpaired) electrons. The van der Waals surface area contributed by atoms with Gasteiger partial charge in [0.25, 0.3) is 10.2 Å². The second kappa shape index (κ2) is 5.26. The topological polar surface area (TPSA) is 84.2 Å². The molecule has 0 saturated carbocycles. The summed E-state index contributed by atoms with van der Waals surface area (Å²) in [6.45, 7) is 7.54. The largest absolute Gasteiger partial charge is 0.326 e. The highest BCUT2D eigenvalue weighted by Gasteiger charge is 2.20. The third kappa shape index (κ3) is 4.29. The van der Waals surface area contributed by atoms with E-state index in [1.165, 1.54) is 0 Å². The molecule has 0 bridgehead atoms. The second-order valence-corrected chi connectivity index (χ2v) is 6.68. The summed E-state index contributed by atoms with van der Waals surface area (Å²) in [5.41, 5.74) is 7.40. The van der Waals surface area contributed by atoms with Crippen molar-refractivity contribution < 1.29 is 8.42 Å². The first-order valence-electron chi connectivity index (χ1n) is 5.75. The predicted molar refractivity (Wildman–Crippen MR) is 74.5 cm³/mol. The average Bonchev–Trinajstić information content (AvgIpc) is 2.13. The Morgan fingerprint density at radius 3 is 2.39 bits per heavy atom. The zero-order valence-corrected chi connectivity index (χ0v) is 12.1. The average molecular weight is 271 g/mol. The number of hydrogen-bond acceptors (Lipinski definition) is 3. The minimum absolute atomic E-state index is 0.292. The molecule has 1 aromatic rings. The first-order valence-corrected chi connectivity index (χ1v) is 7.23. The van der Waals surface area contributed by atoms with Gasteiger partial charge in [-0.15, -0.1) is 0 Å². The summed E-state index contributed by atoms with van der Waals surface area (Å²) in [4.78, 5) is 0. The van der Waals surface area contributed by atoms with Crippen molar-refractivity contribution in [2.45, 2.75) is 39.8 Å². The standard InChI is InChI=1S/C12H21N3O2S/c1-9-6-5-7-11(10(9)8-13)14-18(16,17)15-12(2,3)4/h5-7,14-15H,8,13H2,1-4H3. The summed E-state index contributed by atoms with van der Waals surface area (Å²) in [5, 5.41) is 0. The van der Waals surface area contributed by atoms with Gasteiger partial charge >= 0.3 is 0 Å². The van der Waals surface area contributed by atoms with Crippen molar-refractivity contribution in [3.63, 3.8) is 0 Å². The van der Waals surface area contributed by atoms with Crippen LogP contribution in [0.3, 0.4) is 0 Å². The van der Waals surface area contributed by atoms with Gasteiger partial charge in [0.05, 0.1) is 5.69 Å². The zero-order chi connectivity index (χ0) is 14.0. The molecule has 5 nitrogen and oxygen atoms in total. The molecule has 4 N–H and O–H groups in total. The van der Waals surface area contributed by atoms with Crippen molar-refractivity contribution in [1.29, 1.82) is 0 Å². The number of nitrogens with one attached hydrogen (secondary N) is 2. The summed E-state index contributed by atoms with van der Waals surface area (Å²) in [7, 11) is -3.60. The number of benzene rings is 1. The first-order chi connectivity index (χ1) is 8.14. The minimum Gasteiger partial charge on any atom is -0.326 e. The normalized spacial score (nSPS) is 12.5. The van der Waals surface area contributed by atoms with Crippen LogP contribution in [-0.2, 0) is 16.8 Å². The van der Waals surface area contributed by atoms with Gasteiger partial charge in [-0.1, -0.05) is 12.1 Å². The van der Waals surface area contributed by atoms with Crippen LogP contribution in [0.4, 0.5) is 5.69 Å². The number of aryl methyl sites for hydroxylation is 1. The molecule has 6 heteroatoms. The van der Waals surface area contributed by atoms with Crippen LogP contribution in [0.25, 0.3) is 0 Å². The van der Waals surface area contributed by atoms with Crippen LogP contribution in [-0.4, -0.2) is 14.0 Å². The maximum Gasteiger partial charge on any atom is 0.299 e. The Labute approximate surface area is 109 Å². The van der Waals surface area contributed by atoms with E-state index in [0.717, 1.165) is 11.1 Å². The van der Waals surface area contributed by atoms with E-state index < -0.39 is 15.7 Å². The van der Waals surface area contributed by atoms with E-state index in [2.05, 4.69) is 9.44 Å². The van der Waals surface area contributed by atoms with Crippen molar-refractivity contribution >= 4 is 15.9 Å². The maximum atomic E-state index is 11.9. The van der Waals surface area contributed by atoms with Crippen LogP contribution in [0.5, 0.6) is 0 Å². The van der Waals surface area contributed by atoms with E-state index in [0.29, 0.717) is 12.2 Å². The van der Waals surface area contributed by atoms with Crippen molar-refractivity contribution in [2.75, 3.05) is 4.72 Å². The lowest BCUT2D eigenvalue weighted by molar-refractivity contribution is 0.494. The quantitative estimate of drug-likeness (QED) is 0.776. The Bertz CT molecular complexity index is 519. The molecular weight excluding hydrogens is 250 g/mol. The van der Waals surface area contributed by atoms with Gasteiger partial charge in [-0.05, 0) is 44.9 Å². The van der Waals surface area contributed by atoms with Crippen LogP contribution in [0.15, 0.2) is 18.2 Å². The number of rotatable bonds is 4. The lowest BCUT2D eigenvalue weighted by atomic mass is 10.1. The summed E-state index contributed by atoms with van der Waals surface area (Å²) >= 11 is 0. The van der Waals surface area contributed by atoms with Gasteiger partial charge in [0.2, 0.25) is 0 Å². The molecule has 0 aliphatic rings. The Morgan fingerprint density at radius 1 is 1.28 bits per heavy atom. The highest BCUT2D eigenvalue weighted by Crippen LogP contribution is 2.20. The summed E-state index contributed by atoms with van der Waals surface area (Å²) in [5.74, 6) is 0. The highest BCUT2D eigenvalue weighted by atomic mass is 32.2. The highest BCUT2D eigenvalue weighted by molar-refractivity contribution is 7.90. The van der Waals surface area contributed by atoms with Crippen LogP contribution in [0.2, 0.25) is 0 Å². The number of nitrogens with two attached hydrogens (primary N) is 1. The Morgan fingerprint density at radius 2 is 1.89 bits per heavy atom. The molecule has 0 unspecified atom stereocenters. The molecule has 1 rings (SSSR count). The molecule has 0 atom stereocenters. The molecule has 0 fully saturated rings. The Balaban J connectivity index is 3.02. The lowest BCUT2D eigenvalue weighted by Crippen LogP contribution is -2.43. The smallest absolute Gasteiger partial charge is 0.299 e. The summed E-state index contributed by atoms with van der Waals surface area (Å²) in [6, 6.07) is 5.40. The molecule has 0 amide bonds. The van der Waals surface area contributed by atoms with Crippen molar-refractivity contribution in [2.24, 2.45) is 5.73 Å². The molecule has 18 heavy (non-hydrogen) atoms. The third-order valence-electron chi connectivity index (χ3n) is 2.30. The van der Waals surface area contributed by atoms with Crippen LogP contribution < -0.4 is 15.2 Å². The van der Waals surface area contributed by atoms with Gasteiger partial charge in [0.1, 0.15) is 0 Å². The fraction of sp³-hybridized carbons (Fsp3) is 0.500. The minimum atomic E-state index is -3.60. The molecule has 102 valence electrons. The SMILES string of the molecule is Cc1cccc(NS(=O)(=O)NC(C)(C)C)c1CN. The molecule has 0 saturated heterocycles. The Hall–Kier alpha value is -1.11. The number of anilines is 1. The van der Waals surface area contributed by atoms with Crippen molar-refractivity contribution in [3.05, 3.63) is 29.3 Å². The van der Waals surface area contributed by atoms with E-state index in [-0.39, 0.29) is 0 Å². The van der Waals surface area contributed by atoms with Crippen molar-refractivity contribution in [1.82, 2.24) is 4.72 Å². The fourth-order valence-electron chi connectivity index (χ4n) is 1.64. The van der Waals surface area contributed by atoms with Crippen molar-refractivity contribution in [3.8, 4) is 0 Å². The van der Waals surface area contributed by atoms with Crippen LogP contribution >= 0.6 is 0 Å². The van der Waals surface area contributed by atoms with E-state index in [4.69, 9.17) is 5.73 Å². The van der Waals surface area contributed by atoms with Crippen LogP contribution in [0.1, 0.15) is 31.9 Å². The van der Waals surface area contributed by atoms with Crippen LogP contribution in [0, 0.1) is 6.92 Å². The van der Waals surface area contributed by atoms with E-state index in [1.807, 2.05) is 13.0 Å². The number of hydrogen-bond donors (Lipinski definition) is 3. The third-order valence-corrected chi connectivity index (χ3v) is 3.67. The molecule has 0 aliphatic heterocycles.